The minimum Gasteiger partial charge on any atom is -0.481 e. The van der Waals surface area contributed by atoms with Crippen LogP contribution in [-0.2, 0) is 11.2 Å². The molecule has 0 radical (unpaired) electrons. The van der Waals surface area contributed by atoms with Crippen molar-refractivity contribution in [3.05, 3.63) is 28.9 Å². The molecule has 0 aliphatic carbocycles. The predicted octanol–water partition coefficient (Wildman–Crippen LogP) is 1.92. The summed E-state index contributed by atoms with van der Waals surface area (Å²) in [5, 5.41) is 9.66. The highest BCUT2D eigenvalue weighted by Gasteiger charge is 2.08. The summed E-state index contributed by atoms with van der Waals surface area (Å²) in [6.07, 6.45) is -0.0557. The van der Waals surface area contributed by atoms with Crippen LogP contribution in [0.1, 0.15) is 5.56 Å². The quantitative estimate of drug-likeness (QED) is 0.845. The van der Waals surface area contributed by atoms with Crippen LogP contribution in [0.15, 0.2) is 18.2 Å². The molecule has 1 aromatic carbocycles. The third kappa shape index (κ3) is 2.45. The standard InChI is InChI=1S/C11H9ClN2O3/c1-17-11-13-8-4-6(5-9(15)16)2-3-7(8)10(12)14-11/h2-4H,5H2,1H3,(H,15,16). The molecule has 6 heteroatoms. The zero-order chi connectivity index (χ0) is 12.4. The molecule has 0 amide bonds. The van der Waals surface area contributed by atoms with Crippen molar-refractivity contribution < 1.29 is 14.6 Å². The molecule has 0 spiro atoms. The molecule has 0 atom stereocenters. The third-order valence-corrected chi connectivity index (χ3v) is 2.52. The number of fused-ring (bicyclic) bond motifs is 1. The number of carbonyl (C=O) groups is 1. The van der Waals surface area contributed by atoms with Gasteiger partial charge in [0.1, 0.15) is 5.15 Å². The lowest BCUT2D eigenvalue weighted by atomic mass is 10.1. The average Bonchev–Trinajstić information content (AvgIpc) is 2.27. The SMILES string of the molecule is COc1nc(Cl)c2ccc(CC(=O)O)cc2n1. The Hall–Kier alpha value is -1.88. The highest BCUT2D eigenvalue weighted by Crippen LogP contribution is 2.23. The van der Waals surface area contributed by atoms with Gasteiger partial charge in [-0.05, 0) is 17.7 Å². The molecule has 1 heterocycles. The molecule has 17 heavy (non-hydrogen) atoms. The summed E-state index contributed by atoms with van der Waals surface area (Å²) in [5.41, 5.74) is 1.22. The highest BCUT2D eigenvalue weighted by molar-refractivity contribution is 6.34. The van der Waals surface area contributed by atoms with Gasteiger partial charge in [-0.15, -0.1) is 0 Å². The van der Waals surface area contributed by atoms with E-state index in [2.05, 4.69) is 9.97 Å². The summed E-state index contributed by atoms with van der Waals surface area (Å²) in [6, 6.07) is 5.22. The first-order valence-electron chi connectivity index (χ1n) is 4.82. The van der Waals surface area contributed by atoms with Gasteiger partial charge >= 0.3 is 12.0 Å². The number of nitrogens with zero attached hydrogens (tertiary/aromatic N) is 2. The zero-order valence-electron chi connectivity index (χ0n) is 8.98. The molecule has 0 aliphatic heterocycles. The first kappa shape index (κ1) is 11.6. The van der Waals surface area contributed by atoms with Crippen LogP contribution >= 0.6 is 11.6 Å². The molecule has 1 N–H and O–H groups in total. The molecule has 2 aromatic rings. The predicted molar refractivity (Wildman–Crippen MR) is 62.4 cm³/mol. The lowest BCUT2D eigenvalue weighted by molar-refractivity contribution is -0.136. The van der Waals surface area contributed by atoms with Crippen molar-refractivity contribution >= 4 is 28.5 Å². The molecule has 88 valence electrons. The maximum absolute atomic E-state index is 10.6. The van der Waals surface area contributed by atoms with Crippen molar-refractivity contribution in [2.75, 3.05) is 7.11 Å². The Balaban J connectivity index is 2.55. The van der Waals surface area contributed by atoms with Crippen LogP contribution in [0.4, 0.5) is 0 Å². The number of carboxylic acid groups (broad SMARTS) is 1. The average molecular weight is 253 g/mol. The van der Waals surface area contributed by atoms with Gasteiger partial charge in [-0.2, -0.15) is 9.97 Å². The van der Waals surface area contributed by atoms with Crippen LogP contribution in [0.25, 0.3) is 10.9 Å². The monoisotopic (exact) mass is 252 g/mol. The number of aliphatic carboxylic acids is 1. The number of halogens is 1. The van der Waals surface area contributed by atoms with Gasteiger partial charge in [-0.1, -0.05) is 17.7 Å². The van der Waals surface area contributed by atoms with Gasteiger partial charge in [-0.25, -0.2) is 0 Å². The smallest absolute Gasteiger partial charge is 0.318 e. The Morgan fingerprint density at radius 1 is 1.47 bits per heavy atom. The number of carboxylic acids is 1. The minimum absolute atomic E-state index is 0.0557. The lowest BCUT2D eigenvalue weighted by Gasteiger charge is -2.04. The zero-order valence-corrected chi connectivity index (χ0v) is 9.73. The fraction of sp³-hybridized carbons (Fsp3) is 0.182. The number of methoxy groups -OCH3 is 1. The van der Waals surface area contributed by atoms with Gasteiger partial charge in [0.25, 0.3) is 0 Å². The van der Waals surface area contributed by atoms with E-state index in [1.165, 1.54) is 7.11 Å². The Bertz CT molecular complexity index is 586. The normalized spacial score (nSPS) is 10.5. The van der Waals surface area contributed by atoms with Crippen molar-refractivity contribution in [1.29, 1.82) is 0 Å². The summed E-state index contributed by atoms with van der Waals surface area (Å²) in [5.74, 6) is -0.892. The van der Waals surface area contributed by atoms with Crippen LogP contribution in [0.3, 0.4) is 0 Å². The first-order chi connectivity index (χ1) is 8.10. The lowest BCUT2D eigenvalue weighted by Crippen LogP contribution is -2.00. The second kappa shape index (κ2) is 4.55. The summed E-state index contributed by atoms with van der Waals surface area (Å²) in [6.45, 7) is 0. The van der Waals surface area contributed by atoms with Gasteiger partial charge in [-0.3, -0.25) is 4.79 Å². The third-order valence-electron chi connectivity index (χ3n) is 2.23. The molecular formula is C11H9ClN2O3. The van der Waals surface area contributed by atoms with Gasteiger partial charge in [0.2, 0.25) is 0 Å². The molecule has 0 saturated heterocycles. The Labute approximate surface area is 102 Å². The van der Waals surface area contributed by atoms with E-state index in [4.69, 9.17) is 21.4 Å². The van der Waals surface area contributed by atoms with E-state index in [0.29, 0.717) is 16.5 Å². The van der Waals surface area contributed by atoms with E-state index in [1.807, 2.05) is 0 Å². The summed E-state index contributed by atoms with van der Waals surface area (Å²) in [7, 11) is 1.44. The molecule has 0 aliphatic rings. The number of aromatic nitrogens is 2. The van der Waals surface area contributed by atoms with Crippen LogP contribution < -0.4 is 4.74 Å². The Kier molecular flexibility index (Phi) is 3.10. The first-order valence-corrected chi connectivity index (χ1v) is 5.20. The molecule has 2 rings (SSSR count). The van der Waals surface area contributed by atoms with Crippen LogP contribution in [0, 0.1) is 0 Å². The summed E-state index contributed by atoms with van der Waals surface area (Å²) >= 11 is 5.95. The summed E-state index contributed by atoms with van der Waals surface area (Å²) < 4.78 is 4.90. The fourth-order valence-electron chi connectivity index (χ4n) is 1.49. The van der Waals surface area contributed by atoms with Crippen LogP contribution in [-0.4, -0.2) is 28.2 Å². The van der Waals surface area contributed by atoms with E-state index in [9.17, 15) is 4.79 Å². The number of rotatable bonds is 3. The molecular weight excluding hydrogens is 244 g/mol. The Morgan fingerprint density at radius 3 is 2.88 bits per heavy atom. The van der Waals surface area contributed by atoms with Crippen molar-refractivity contribution in [2.24, 2.45) is 0 Å². The number of ether oxygens (including phenoxy) is 1. The molecule has 0 bridgehead atoms. The Morgan fingerprint density at radius 2 is 2.24 bits per heavy atom. The number of benzene rings is 1. The maximum atomic E-state index is 10.6. The van der Waals surface area contributed by atoms with Gasteiger partial charge in [0.15, 0.2) is 0 Å². The van der Waals surface area contributed by atoms with E-state index in [0.717, 1.165) is 0 Å². The minimum atomic E-state index is -0.892. The van der Waals surface area contributed by atoms with Crippen molar-refractivity contribution in [1.82, 2.24) is 9.97 Å². The second-order valence-electron chi connectivity index (χ2n) is 3.42. The second-order valence-corrected chi connectivity index (χ2v) is 3.78. The van der Waals surface area contributed by atoms with Crippen LogP contribution in [0.5, 0.6) is 6.01 Å². The number of hydrogen-bond donors (Lipinski definition) is 1. The molecule has 0 saturated carbocycles. The topological polar surface area (TPSA) is 72.3 Å². The van der Waals surface area contributed by atoms with E-state index in [-0.39, 0.29) is 17.6 Å². The molecule has 1 aromatic heterocycles. The van der Waals surface area contributed by atoms with E-state index in [1.54, 1.807) is 18.2 Å². The van der Waals surface area contributed by atoms with Gasteiger partial charge in [0.05, 0.1) is 19.0 Å². The highest BCUT2D eigenvalue weighted by atomic mass is 35.5. The van der Waals surface area contributed by atoms with Crippen molar-refractivity contribution in [3.8, 4) is 6.01 Å². The van der Waals surface area contributed by atoms with Crippen molar-refractivity contribution in [3.63, 3.8) is 0 Å². The van der Waals surface area contributed by atoms with E-state index >= 15 is 0 Å². The molecule has 0 fully saturated rings. The van der Waals surface area contributed by atoms with Crippen molar-refractivity contribution in [2.45, 2.75) is 6.42 Å². The maximum Gasteiger partial charge on any atom is 0.318 e. The summed E-state index contributed by atoms with van der Waals surface area (Å²) in [4.78, 5) is 18.6. The van der Waals surface area contributed by atoms with Gasteiger partial charge in [0, 0.05) is 5.39 Å². The van der Waals surface area contributed by atoms with E-state index < -0.39 is 5.97 Å². The van der Waals surface area contributed by atoms with Crippen LogP contribution in [0.2, 0.25) is 5.15 Å². The number of hydrogen-bond acceptors (Lipinski definition) is 4. The fourth-order valence-corrected chi connectivity index (χ4v) is 1.72. The molecule has 5 nitrogen and oxygen atoms in total. The largest absolute Gasteiger partial charge is 0.481 e. The van der Waals surface area contributed by atoms with Gasteiger partial charge < -0.3 is 9.84 Å². The molecule has 0 unspecified atom stereocenters.